The smallest absolute Gasteiger partial charge is 0.374 e. The Bertz CT molecular complexity index is 1450. The molecule has 3 N–H and O–H groups in total. The minimum atomic E-state index is -4.57. The fraction of sp³-hybridized carbons (Fsp3) is 0.412. The predicted molar refractivity (Wildman–Crippen MR) is 173 cm³/mol. The van der Waals surface area contributed by atoms with E-state index in [0.29, 0.717) is 18.7 Å². The molecule has 7 nitrogen and oxygen atoms in total. The van der Waals surface area contributed by atoms with Gasteiger partial charge < -0.3 is 20.9 Å². The highest BCUT2D eigenvalue weighted by atomic mass is 19.4. The van der Waals surface area contributed by atoms with E-state index in [1.807, 2.05) is 24.0 Å². The fourth-order valence-corrected chi connectivity index (χ4v) is 5.22. The van der Waals surface area contributed by atoms with Crippen LogP contribution in [0.2, 0.25) is 0 Å². The van der Waals surface area contributed by atoms with Crippen molar-refractivity contribution in [2.45, 2.75) is 52.4 Å². The number of hydrogen-bond acceptors (Lipinski definition) is 6. The van der Waals surface area contributed by atoms with Gasteiger partial charge in [0.25, 0.3) is 0 Å². The molecule has 4 rings (SSSR count). The van der Waals surface area contributed by atoms with Crippen molar-refractivity contribution >= 4 is 23.1 Å². The highest BCUT2D eigenvalue weighted by molar-refractivity contribution is 5.94. The highest BCUT2D eigenvalue weighted by Crippen LogP contribution is 2.35. The summed E-state index contributed by atoms with van der Waals surface area (Å²) in [5.74, 6) is -0.445. The normalized spacial score (nSPS) is 15.0. The number of allylic oxidation sites excluding steroid dienone is 1. The first-order valence-electron chi connectivity index (χ1n) is 15.3. The van der Waals surface area contributed by atoms with Gasteiger partial charge in [-0.25, -0.2) is 9.37 Å². The zero-order valence-electron chi connectivity index (χ0n) is 26.1. The lowest BCUT2D eigenvalue weighted by Gasteiger charge is -2.34. The second-order valence-electron chi connectivity index (χ2n) is 11.6. The van der Waals surface area contributed by atoms with Crippen molar-refractivity contribution in [3.05, 3.63) is 83.8 Å². The van der Waals surface area contributed by atoms with Gasteiger partial charge in [0.2, 0.25) is 5.91 Å². The molecule has 0 bridgehead atoms. The third-order valence-electron chi connectivity index (χ3n) is 7.91. The summed E-state index contributed by atoms with van der Waals surface area (Å²) in [7, 11) is 0. The van der Waals surface area contributed by atoms with Crippen molar-refractivity contribution in [2.24, 2.45) is 0 Å². The number of nitrogens with zero attached hydrogens (tertiary/aromatic N) is 3. The molecule has 0 radical (unpaired) electrons. The Kier molecular flexibility index (Phi) is 11.6. The third-order valence-corrected chi connectivity index (χ3v) is 7.91. The second kappa shape index (κ2) is 15.4. The first-order chi connectivity index (χ1) is 21.4. The van der Waals surface area contributed by atoms with Crippen molar-refractivity contribution in [3.63, 3.8) is 0 Å². The maximum atomic E-state index is 14.9. The van der Waals surface area contributed by atoms with E-state index in [2.05, 4.69) is 46.3 Å². The molecule has 1 aromatic heterocycles. The maximum Gasteiger partial charge on any atom is 0.416 e. The quantitative estimate of drug-likeness (QED) is 0.137. The SMILES string of the molecule is C=C(C)CCC(C)Nc1ccc(-c2ccc(NCC(=O)Nc3ccc(CN4CCN(CC)CC4)c(C(F)(F)F)c3)c(F)c2)cn1. The molecule has 242 valence electrons. The molecule has 1 fully saturated rings. The van der Waals surface area contributed by atoms with Crippen molar-refractivity contribution in [1.82, 2.24) is 14.8 Å². The Morgan fingerprint density at radius 3 is 2.36 bits per heavy atom. The molecule has 0 spiro atoms. The Balaban J connectivity index is 1.32. The first-order valence-corrected chi connectivity index (χ1v) is 15.3. The predicted octanol–water partition coefficient (Wildman–Crippen LogP) is 7.25. The second-order valence-corrected chi connectivity index (χ2v) is 11.6. The molecule has 1 aliphatic rings. The van der Waals surface area contributed by atoms with Gasteiger partial charge in [0.15, 0.2) is 0 Å². The van der Waals surface area contributed by atoms with Gasteiger partial charge in [-0.3, -0.25) is 9.69 Å². The minimum absolute atomic E-state index is 0.0279. The number of carbonyl (C=O) groups excluding carboxylic acids is 1. The van der Waals surface area contributed by atoms with Crippen molar-refractivity contribution in [3.8, 4) is 11.1 Å². The molecule has 0 saturated carbocycles. The number of benzene rings is 2. The van der Waals surface area contributed by atoms with Crippen LogP contribution >= 0.6 is 0 Å². The zero-order chi connectivity index (χ0) is 32.6. The van der Waals surface area contributed by atoms with Gasteiger partial charge in [0.05, 0.1) is 17.8 Å². The third kappa shape index (κ3) is 10.0. The number of alkyl halides is 3. The molecule has 2 heterocycles. The van der Waals surface area contributed by atoms with Crippen molar-refractivity contribution in [2.75, 3.05) is 55.2 Å². The van der Waals surface area contributed by atoms with Crippen molar-refractivity contribution < 1.29 is 22.4 Å². The summed E-state index contributed by atoms with van der Waals surface area (Å²) in [4.78, 5) is 21.3. The molecule has 3 aromatic rings. The summed E-state index contributed by atoms with van der Waals surface area (Å²) < 4.78 is 56.7. The van der Waals surface area contributed by atoms with Crippen LogP contribution in [-0.4, -0.2) is 66.0 Å². The summed E-state index contributed by atoms with van der Waals surface area (Å²) in [5, 5.41) is 8.56. The van der Waals surface area contributed by atoms with Crippen LogP contribution < -0.4 is 16.0 Å². The van der Waals surface area contributed by atoms with Crippen LogP contribution in [0.4, 0.5) is 34.8 Å². The number of likely N-dealkylation sites (N-methyl/N-ethyl adjacent to an activating group) is 1. The Morgan fingerprint density at radius 2 is 1.73 bits per heavy atom. The van der Waals surface area contributed by atoms with E-state index < -0.39 is 23.5 Å². The number of carbonyl (C=O) groups is 1. The van der Waals surface area contributed by atoms with Gasteiger partial charge in [0, 0.05) is 56.2 Å². The van der Waals surface area contributed by atoms with E-state index >= 15 is 0 Å². The van der Waals surface area contributed by atoms with Gasteiger partial charge in [0.1, 0.15) is 11.6 Å². The highest BCUT2D eigenvalue weighted by Gasteiger charge is 2.34. The fourth-order valence-electron chi connectivity index (χ4n) is 5.22. The van der Waals surface area contributed by atoms with Gasteiger partial charge >= 0.3 is 6.18 Å². The largest absolute Gasteiger partial charge is 0.416 e. The van der Waals surface area contributed by atoms with Crippen LogP contribution in [0.5, 0.6) is 0 Å². The number of halogens is 4. The number of hydrogen-bond donors (Lipinski definition) is 3. The number of piperazine rings is 1. The summed E-state index contributed by atoms with van der Waals surface area (Å²) >= 11 is 0. The molecular weight excluding hydrogens is 584 g/mol. The van der Waals surface area contributed by atoms with Crippen molar-refractivity contribution in [1.29, 1.82) is 0 Å². The zero-order valence-corrected chi connectivity index (χ0v) is 26.1. The molecule has 2 aromatic carbocycles. The number of anilines is 3. The first kappa shape index (κ1) is 33.9. The van der Waals surface area contributed by atoms with Crippen LogP contribution in [0.25, 0.3) is 11.1 Å². The lowest BCUT2D eigenvalue weighted by Crippen LogP contribution is -2.45. The summed E-state index contributed by atoms with van der Waals surface area (Å²) in [5.41, 5.74) is 1.99. The average molecular weight is 627 g/mol. The minimum Gasteiger partial charge on any atom is -0.374 e. The molecular formula is C34H42F4N6O. The van der Waals surface area contributed by atoms with Gasteiger partial charge in [-0.2, -0.15) is 13.2 Å². The van der Waals surface area contributed by atoms with E-state index in [-0.39, 0.29) is 36.1 Å². The van der Waals surface area contributed by atoms with E-state index in [4.69, 9.17) is 0 Å². The van der Waals surface area contributed by atoms with E-state index in [9.17, 15) is 22.4 Å². The monoisotopic (exact) mass is 626 g/mol. The Labute approximate surface area is 262 Å². The van der Waals surface area contributed by atoms with Gasteiger partial charge in [-0.15, -0.1) is 6.58 Å². The number of nitrogens with one attached hydrogen (secondary N) is 3. The summed E-state index contributed by atoms with van der Waals surface area (Å²) in [6.07, 6.45) is -1.04. The molecule has 1 amide bonds. The van der Waals surface area contributed by atoms with E-state index in [1.165, 1.54) is 24.3 Å². The molecule has 1 unspecified atom stereocenters. The van der Waals surface area contributed by atoms with Gasteiger partial charge in [-0.1, -0.05) is 24.6 Å². The number of amides is 1. The van der Waals surface area contributed by atoms with Crippen LogP contribution in [0.15, 0.2) is 66.9 Å². The molecule has 0 aliphatic carbocycles. The molecule has 1 aliphatic heterocycles. The van der Waals surface area contributed by atoms with E-state index in [0.717, 1.165) is 55.5 Å². The lowest BCUT2D eigenvalue weighted by atomic mass is 10.0. The number of rotatable bonds is 13. The molecule has 1 saturated heterocycles. The van der Waals surface area contributed by atoms with Crippen LogP contribution in [0.1, 0.15) is 44.7 Å². The van der Waals surface area contributed by atoms with Crippen LogP contribution in [0.3, 0.4) is 0 Å². The van der Waals surface area contributed by atoms with Crippen LogP contribution in [-0.2, 0) is 17.5 Å². The molecule has 11 heteroatoms. The standard InChI is InChI=1S/C34H42F4N6O/c1-5-43-14-16-44(17-15-43)22-27-8-11-28(19-29(27)34(36,37)38)42-33(45)21-39-31-12-9-25(18-30(31)35)26-10-13-32(40-20-26)41-24(4)7-6-23(2)3/h8-13,18-20,24,39H,2,5-7,14-17,21-22H2,1,3-4H3,(H,40,41)(H,42,45). The van der Waals surface area contributed by atoms with Crippen LogP contribution in [0, 0.1) is 5.82 Å². The van der Waals surface area contributed by atoms with Gasteiger partial charge in [-0.05, 0) is 80.8 Å². The lowest BCUT2D eigenvalue weighted by molar-refractivity contribution is -0.138. The summed E-state index contributed by atoms with van der Waals surface area (Å²) in [6.45, 7) is 13.9. The van der Waals surface area contributed by atoms with E-state index in [1.54, 1.807) is 12.3 Å². The molecule has 45 heavy (non-hydrogen) atoms. The Morgan fingerprint density at radius 1 is 1.02 bits per heavy atom. The number of pyridine rings is 1. The molecule has 1 atom stereocenters. The maximum absolute atomic E-state index is 14.9. The average Bonchev–Trinajstić information content (AvgIpc) is 3.00. The number of aromatic nitrogens is 1. The topological polar surface area (TPSA) is 72.5 Å². The Hall–Kier alpha value is -3.96. The summed E-state index contributed by atoms with van der Waals surface area (Å²) in [6, 6.07) is 12.3.